The Morgan fingerprint density at radius 3 is 2.24 bits per heavy atom. The number of anilines is 1. The first-order chi connectivity index (χ1) is 17.8. The minimum absolute atomic E-state index is 0.0267. The van der Waals surface area contributed by atoms with Crippen molar-refractivity contribution in [3.8, 4) is 23.0 Å². The smallest absolute Gasteiger partial charge is 0.344 e. The first-order valence-electron chi connectivity index (χ1n) is 11.2. The molecule has 12 heteroatoms. The number of nitrogens with one attached hydrogen (secondary N) is 1. The predicted octanol–water partition coefficient (Wildman–Crippen LogP) is 2.31. The van der Waals surface area contributed by atoms with Gasteiger partial charge in [0.05, 0.1) is 46.8 Å². The van der Waals surface area contributed by atoms with Crippen LogP contribution in [0.25, 0.3) is 0 Å². The van der Waals surface area contributed by atoms with Crippen molar-refractivity contribution in [2.45, 2.75) is 25.1 Å². The molecule has 1 N–H and O–H groups in total. The van der Waals surface area contributed by atoms with Crippen LogP contribution in [0, 0.1) is 0 Å². The molecule has 0 bridgehead atoms. The summed E-state index contributed by atoms with van der Waals surface area (Å²) in [7, 11) is 6.84. The fraction of sp³-hybridized carbons (Fsp3) is 0.360. The number of methoxy groups -OCH3 is 5. The van der Waals surface area contributed by atoms with E-state index in [1.807, 2.05) is 0 Å². The number of carbonyl (C=O) groups excluding carboxylic acids is 4. The number of ether oxygens (including phenoxy) is 6. The maximum atomic E-state index is 13.4. The molecule has 0 radical (unpaired) electrons. The van der Waals surface area contributed by atoms with Gasteiger partial charge in [0, 0.05) is 24.1 Å². The van der Waals surface area contributed by atoms with Crippen molar-refractivity contribution in [1.29, 1.82) is 0 Å². The quantitative estimate of drug-likeness (QED) is 0.522. The molecular formula is C25H26N2O10. The molecule has 2 aliphatic rings. The van der Waals surface area contributed by atoms with Crippen LogP contribution in [0.1, 0.15) is 45.3 Å². The summed E-state index contributed by atoms with van der Waals surface area (Å²) in [6, 6.07) is 4.99. The molecule has 0 aliphatic carbocycles. The zero-order chi connectivity index (χ0) is 26.9. The van der Waals surface area contributed by atoms with E-state index in [0.29, 0.717) is 11.3 Å². The molecule has 0 spiro atoms. The first kappa shape index (κ1) is 25.6. The van der Waals surface area contributed by atoms with Gasteiger partial charge in [-0.2, -0.15) is 0 Å². The molecule has 12 nitrogen and oxygen atoms in total. The number of esters is 2. The second-order valence-electron chi connectivity index (χ2n) is 8.11. The molecule has 2 aromatic carbocycles. The van der Waals surface area contributed by atoms with E-state index < -0.39 is 30.1 Å². The Morgan fingerprint density at radius 2 is 1.62 bits per heavy atom. The van der Waals surface area contributed by atoms with Crippen molar-refractivity contribution in [3.63, 3.8) is 0 Å². The minimum Gasteiger partial charge on any atom is -0.493 e. The number of hydrogen-bond acceptors (Lipinski definition) is 10. The van der Waals surface area contributed by atoms with E-state index in [2.05, 4.69) is 5.32 Å². The van der Waals surface area contributed by atoms with E-state index in [-0.39, 0.29) is 52.8 Å². The lowest BCUT2D eigenvalue weighted by Crippen LogP contribution is -2.44. The third-order valence-corrected chi connectivity index (χ3v) is 6.26. The average Bonchev–Trinajstić information content (AvgIpc) is 3.46. The number of nitrogens with zero attached hydrogens (tertiary/aromatic N) is 1. The normalized spacial score (nSPS) is 18.1. The maximum Gasteiger partial charge on any atom is 0.344 e. The summed E-state index contributed by atoms with van der Waals surface area (Å²) >= 11 is 0. The van der Waals surface area contributed by atoms with Crippen molar-refractivity contribution < 1.29 is 47.6 Å². The van der Waals surface area contributed by atoms with Crippen LogP contribution in [0.3, 0.4) is 0 Å². The van der Waals surface area contributed by atoms with Crippen LogP contribution in [-0.4, -0.2) is 70.2 Å². The van der Waals surface area contributed by atoms with Gasteiger partial charge in [0.25, 0.3) is 0 Å². The zero-order valence-corrected chi connectivity index (χ0v) is 20.9. The molecule has 2 atom stereocenters. The van der Waals surface area contributed by atoms with Crippen molar-refractivity contribution in [1.82, 2.24) is 4.90 Å². The number of fused-ring (bicyclic) bond motifs is 1. The van der Waals surface area contributed by atoms with Gasteiger partial charge >= 0.3 is 11.9 Å². The Bertz CT molecular complexity index is 1270. The zero-order valence-electron chi connectivity index (χ0n) is 20.9. The summed E-state index contributed by atoms with van der Waals surface area (Å²) in [5.41, 5.74) is 0.624. The molecule has 0 aromatic heterocycles. The summed E-state index contributed by atoms with van der Waals surface area (Å²) in [4.78, 5) is 52.8. The Kier molecular flexibility index (Phi) is 7.09. The van der Waals surface area contributed by atoms with E-state index >= 15 is 0 Å². The van der Waals surface area contributed by atoms with Gasteiger partial charge in [-0.05, 0) is 18.6 Å². The monoisotopic (exact) mass is 514 g/mol. The highest BCUT2D eigenvalue weighted by Gasteiger charge is 2.48. The van der Waals surface area contributed by atoms with Gasteiger partial charge in [0.1, 0.15) is 11.6 Å². The minimum atomic E-state index is -1.14. The first-order valence-corrected chi connectivity index (χ1v) is 11.2. The molecule has 2 aliphatic heterocycles. The Hall–Kier alpha value is -4.48. The second kappa shape index (κ2) is 10.2. The number of likely N-dealkylation sites (tertiary alicyclic amines) is 1. The van der Waals surface area contributed by atoms with Gasteiger partial charge in [0.15, 0.2) is 23.0 Å². The molecule has 1 saturated heterocycles. The van der Waals surface area contributed by atoms with Crippen LogP contribution in [0.5, 0.6) is 23.0 Å². The van der Waals surface area contributed by atoms with Gasteiger partial charge in [-0.25, -0.2) is 9.59 Å². The molecule has 2 aromatic rings. The van der Waals surface area contributed by atoms with E-state index in [0.717, 1.165) is 0 Å². The molecule has 1 fully saturated rings. The second-order valence-corrected chi connectivity index (χ2v) is 8.11. The van der Waals surface area contributed by atoms with E-state index in [1.165, 1.54) is 52.6 Å². The van der Waals surface area contributed by atoms with Crippen molar-refractivity contribution in [3.05, 3.63) is 41.0 Å². The standard InChI is InChI=1S/C25H26N2O10/c1-32-16-8-6-12-20(21(16)35-4)25(31)37-23(12)27-15(7-9-19(27)28)22(29)26-14-11-18(34-3)17(33-2)10-13(14)24(30)36-5/h6,8,10-11,15,23H,7,9H2,1-5H3,(H,26,29)/t15-,23-/m1/s1. The number of carbonyl (C=O) groups is 4. The van der Waals surface area contributed by atoms with E-state index in [4.69, 9.17) is 28.4 Å². The van der Waals surface area contributed by atoms with Crippen LogP contribution in [0.4, 0.5) is 5.69 Å². The molecule has 2 heterocycles. The summed E-state index contributed by atoms with van der Waals surface area (Å²) in [5, 5.41) is 2.69. The molecular weight excluding hydrogens is 488 g/mol. The third-order valence-electron chi connectivity index (χ3n) is 6.26. The predicted molar refractivity (Wildman–Crippen MR) is 127 cm³/mol. The van der Waals surface area contributed by atoms with Crippen LogP contribution >= 0.6 is 0 Å². The van der Waals surface area contributed by atoms with Gasteiger partial charge in [-0.3, -0.25) is 14.5 Å². The van der Waals surface area contributed by atoms with Gasteiger partial charge < -0.3 is 33.7 Å². The molecule has 2 amide bonds. The lowest BCUT2D eigenvalue weighted by molar-refractivity contribution is -0.144. The summed E-state index contributed by atoms with van der Waals surface area (Å²) in [6.45, 7) is 0. The lowest BCUT2D eigenvalue weighted by atomic mass is 10.0. The molecule has 37 heavy (non-hydrogen) atoms. The highest BCUT2D eigenvalue weighted by atomic mass is 16.6. The van der Waals surface area contributed by atoms with Crippen LogP contribution in [-0.2, 0) is 19.1 Å². The highest BCUT2D eigenvalue weighted by Crippen LogP contribution is 2.45. The number of benzene rings is 2. The highest BCUT2D eigenvalue weighted by molar-refractivity contribution is 6.05. The van der Waals surface area contributed by atoms with Crippen molar-refractivity contribution in [2.75, 3.05) is 40.9 Å². The average molecular weight is 514 g/mol. The van der Waals surface area contributed by atoms with Crippen molar-refractivity contribution >= 4 is 29.4 Å². The topological polar surface area (TPSA) is 139 Å². The number of amides is 2. The Labute approximate surface area is 212 Å². The number of hydrogen-bond donors (Lipinski definition) is 1. The SMILES string of the molecule is COC(=O)c1cc(OC)c(OC)cc1NC(=O)[C@H]1CCC(=O)N1[C@@H]1OC(=O)c2c1ccc(OC)c2OC. The van der Waals surface area contributed by atoms with E-state index in [9.17, 15) is 19.2 Å². The number of rotatable bonds is 8. The molecule has 0 unspecified atom stereocenters. The van der Waals surface area contributed by atoms with Crippen LogP contribution < -0.4 is 24.3 Å². The van der Waals surface area contributed by atoms with Crippen molar-refractivity contribution in [2.24, 2.45) is 0 Å². The fourth-order valence-corrected chi connectivity index (χ4v) is 4.52. The van der Waals surface area contributed by atoms with Gasteiger partial charge in [-0.15, -0.1) is 0 Å². The summed E-state index contributed by atoms with van der Waals surface area (Å²) in [5.74, 6) is -1.35. The summed E-state index contributed by atoms with van der Waals surface area (Å²) < 4.78 is 31.5. The van der Waals surface area contributed by atoms with Crippen LogP contribution in [0.2, 0.25) is 0 Å². The number of cyclic esters (lactones) is 1. The van der Waals surface area contributed by atoms with Gasteiger partial charge in [-0.1, -0.05) is 0 Å². The Balaban J connectivity index is 1.69. The lowest BCUT2D eigenvalue weighted by Gasteiger charge is -2.29. The maximum absolute atomic E-state index is 13.4. The fourth-order valence-electron chi connectivity index (χ4n) is 4.52. The molecule has 4 rings (SSSR count). The largest absolute Gasteiger partial charge is 0.493 e. The third kappa shape index (κ3) is 4.34. The van der Waals surface area contributed by atoms with Crippen LogP contribution in [0.15, 0.2) is 24.3 Å². The Morgan fingerprint density at radius 1 is 0.946 bits per heavy atom. The van der Waals surface area contributed by atoms with Gasteiger partial charge in [0.2, 0.25) is 18.0 Å². The molecule has 196 valence electrons. The van der Waals surface area contributed by atoms with E-state index in [1.54, 1.807) is 12.1 Å². The summed E-state index contributed by atoms with van der Waals surface area (Å²) in [6.07, 6.45) is -0.911. The molecule has 0 saturated carbocycles.